The zero-order valence-electron chi connectivity index (χ0n) is 16.5. The fourth-order valence-corrected chi connectivity index (χ4v) is 4.60. The molecular weight excluding hydrogens is 504 g/mol. The minimum absolute atomic E-state index is 0.104. The number of allylic oxidation sites excluding steroid dienone is 1. The van der Waals surface area contributed by atoms with E-state index < -0.39 is 12.0 Å². The maximum Gasteiger partial charge on any atom is 0.338 e. The van der Waals surface area contributed by atoms with E-state index in [-0.39, 0.29) is 6.61 Å². The highest BCUT2D eigenvalue weighted by molar-refractivity contribution is 9.10. The van der Waals surface area contributed by atoms with E-state index in [4.69, 9.17) is 20.8 Å². The number of aromatic nitrogens is 3. The van der Waals surface area contributed by atoms with Gasteiger partial charge in [-0.1, -0.05) is 54.2 Å². The maximum atomic E-state index is 12.8. The highest BCUT2D eigenvalue weighted by atomic mass is 79.9. The molecule has 1 N–H and O–H groups in total. The third kappa shape index (κ3) is 4.58. The summed E-state index contributed by atoms with van der Waals surface area (Å²) in [6.07, 6.45) is 1.52. The third-order valence-electron chi connectivity index (χ3n) is 4.56. The summed E-state index contributed by atoms with van der Waals surface area (Å²) in [6, 6.07) is 10.6. The molecule has 1 aliphatic rings. The van der Waals surface area contributed by atoms with Gasteiger partial charge in [0.05, 0.1) is 5.57 Å². The first kappa shape index (κ1) is 21.7. The highest BCUT2D eigenvalue weighted by Crippen LogP contribution is 2.38. The average molecular weight is 522 g/mol. The Morgan fingerprint density at radius 1 is 1.42 bits per heavy atom. The second-order valence-electron chi connectivity index (χ2n) is 6.64. The molecule has 0 aliphatic carbocycles. The predicted molar refractivity (Wildman–Crippen MR) is 123 cm³/mol. The molecule has 3 aromatic rings. The molecule has 0 saturated heterocycles. The highest BCUT2D eigenvalue weighted by Gasteiger charge is 2.37. The van der Waals surface area contributed by atoms with Gasteiger partial charge in [0.15, 0.2) is 4.67 Å². The average Bonchev–Trinajstić information content (AvgIpc) is 3.36. The number of ether oxygens (including phenoxy) is 1. The van der Waals surface area contributed by atoms with Crippen LogP contribution in [0.1, 0.15) is 24.3 Å². The summed E-state index contributed by atoms with van der Waals surface area (Å²) in [4.78, 5) is 17.4. The number of carbonyl (C=O) groups is 1. The molecular formula is C21H18BrClN4O3S. The molecule has 0 radical (unpaired) electrons. The minimum Gasteiger partial charge on any atom is -0.458 e. The van der Waals surface area contributed by atoms with Gasteiger partial charge in [0, 0.05) is 16.5 Å². The Kier molecular flexibility index (Phi) is 6.54. The first-order valence-corrected chi connectivity index (χ1v) is 11.5. The van der Waals surface area contributed by atoms with Crippen molar-refractivity contribution in [1.82, 2.24) is 14.8 Å². The van der Waals surface area contributed by atoms with E-state index in [9.17, 15) is 4.79 Å². The fraction of sp³-hybridized carbons (Fsp3) is 0.190. The SMILES string of the molecule is C=CCOC(=O)C1=C(C)Nc2nc(SCc3ccccc3Cl)nn2C1c1ccc(Br)o1. The molecule has 3 heterocycles. The summed E-state index contributed by atoms with van der Waals surface area (Å²) in [7, 11) is 0. The summed E-state index contributed by atoms with van der Waals surface area (Å²) in [5.74, 6) is 1.18. The van der Waals surface area contributed by atoms with Crippen molar-refractivity contribution in [3.05, 3.63) is 81.3 Å². The predicted octanol–water partition coefficient (Wildman–Crippen LogP) is 5.60. The smallest absolute Gasteiger partial charge is 0.338 e. The number of fused-ring (bicyclic) bond motifs is 1. The van der Waals surface area contributed by atoms with E-state index in [0.29, 0.717) is 43.6 Å². The van der Waals surface area contributed by atoms with Crippen molar-refractivity contribution in [2.75, 3.05) is 11.9 Å². The van der Waals surface area contributed by atoms with Gasteiger partial charge in [-0.2, -0.15) is 4.98 Å². The van der Waals surface area contributed by atoms with Crippen LogP contribution in [-0.2, 0) is 15.3 Å². The Morgan fingerprint density at radius 3 is 2.94 bits per heavy atom. The van der Waals surface area contributed by atoms with Crippen molar-refractivity contribution in [3.8, 4) is 0 Å². The van der Waals surface area contributed by atoms with Crippen LogP contribution in [0, 0.1) is 0 Å². The summed E-state index contributed by atoms with van der Waals surface area (Å²) >= 11 is 11.0. The quantitative estimate of drug-likeness (QED) is 0.246. The normalized spacial score (nSPS) is 15.4. The van der Waals surface area contributed by atoms with Gasteiger partial charge in [-0.25, -0.2) is 9.48 Å². The van der Waals surface area contributed by atoms with Crippen LogP contribution in [0.2, 0.25) is 5.02 Å². The van der Waals surface area contributed by atoms with Crippen LogP contribution in [0.25, 0.3) is 0 Å². The minimum atomic E-state index is -0.623. The fourth-order valence-electron chi connectivity index (χ4n) is 3.17. The third-order valence-corrected chi connectivity index (χ3v) is 6.24. The first-order valence-electron chi connectivity index (χ1n) is 9.31. The molecule has 0 spiro atoms. The lowest BCUT2D eigenvalue weighted by Crippen LogP contribution is -2.29. The van der Waals surface area contributed by atoms with Crippen molar-refractivity contribution >= 4 is 51.2 Å². The molecule has 0 amide bonds. The van der Waals surface area contributed by atoms with Gasteiger partial charge in [-0.3, -0.25) is 0 Å². The lowest BCUT2D eigenvalue weighted by atomic mass is 10.0. The van der Waals surface area contributed by atoms with E-state index >= 15 is 0 Å². The second kappa shape index (κ2) is 9.33. The molecule has 0 bridgehead atoms. The van der Waals surface area contributed by atoms with E-state index in [1.807, 2.05) is 24.3 Å². The molecule has 160 valence electrons. The number of halogens is 2. The Balaban J connectivity index is 1.67. The number of hydrogen-bond acceptors (Lipinski definition) is 7. The van der Waals surface area contributed by atoms with Crippen molar-refractivity contribution in [2.45, 2.75) is 23.9 Å². The monoisotopic (exact) mass is 520 g/mol. The zero-order valence-corrected chi connectivity index (χ0v) is 19.6. The summed E-state index contributed by atoms with van der Waals surface area (Å²) < 4.78 is 13.3. The number of nitrogens with one attached hydrogen (secondary N) is 1. The molecule has 1 aromatic carbocycles. The lowest BCUT2D eigenvalue weighted by Gasteiger charge is -2.26. The molecule has 1 unspecified atom stereocenters. The topological polar surface area (TPSA) is 82.2 Å². The maximum absolute atomic E-state index is 12.8. The number of anilines is 1. The zero-order chi connectivity index (χ0) is 22.0. The number of rotatable bonds is 7. The summed E-state index contributed by atoms with van der Waals surface area (Å²) in [6.45, 7) is 5.50. The van der Waals surface area contributed by atoms with Gasteiger partial charge < -0.3 is 14.5 Å². The van der Waals surface area contributed by atoms with Gasteiger partial charge in [0.25, 0.3) is 0 Å². The van der Waals surface area contributed by atoms with Crippen molar-refractivity contribution in [3.63, 3.8) is 0 Å². The van der Waals surface area contributed by atoms with Crippen LogP contribution < -0.4 is 5.32 Å². The van der Waals surface area contributed by atoms with Crippen LogP contribution in [0.4, 0.5) is 5.95 Å². The second-order valence-corrected chi connectivity index (χ2v) is 8.77. The van der Waals surface area contributed by atoms with Crippen molar-refractivity contribution in [2.24, 2.45) is 0 Å². The van der Waals surface area contributed by atoms with Gasteiger partial charge in [0.2, 0.25) is 11.1 Å². The van der Waals surface area contributed by atoms with Crippen LogP contribution in [0.5, 0.6) is 0 Å². The van der Waals surface area contributed by atoms with Gasteiger partial charge >= 0.3 is 5.97 Å². The number of hydrogen-bond donors (Lipinski definition) is 1. The molecule has 7 nitrogen and oxygen atoms in total. The number of carbonyl (C=O) groups excluding carboxylic acids is 1. The molecule has 2 aromatic heterocycles. The van der Waals surface area contributed by atoms with Gasteiger partial charge in [-0.15, -0.1) is 5.10 Å². The number of furan rings is 1. The molecule has 1 aliphatic heterocycles. The molecule has 10 heteroatoms. The molecule has 4 rings (SSSR count). The molecule has 0 saturated carbocycles. The van der Waals surface area contributed by atoms with Crippen LogP contribution in [0.15, 0.2) is 74.6 Å². The molecule has 0 fully saturated rings. The summed E-state index contributed by atoms with van der Waals surface area (Å²) in [5.41, 5.74) is 2.00. The largest absolute Gasteiger partial charge is 0.458 e. The number of nitrogens with zero attached hydrogens (tertiary/aromatic N) is 3. The summed E-state index contributed by atoms with van der Waals surface area (Å²) in [5, 5.41) is 9.03. The molecule has 1 atom stereocenters. The van der Waals surface area contributed by atoms with E-state index in [2.05, 4.69) is 37.9 Å². The van der Waals surface area contributed by atoms with Crippen LogP contribution >= 0.6 is 39.3 Å². The van der Waals surface area contributed by atoms with Gasteiger partial charge in [-0.05, 0) is 46.6 Å². The number of thioether (sulfide) groups is 1. The van der Waals surface area contributed by atoms with Crippen LogP contribution in [-0.4, -0.2) is 27.3 Å². The lowest BCUT2D eigenvalue weighted by molar-refractivity contribution is -0.138. The van der Waals surface area contributed by atoms with Crippen LogP contribution in [0.3, 0.4) is 0 Å². The standard InChI is InChI=1S/C21H18BrClN4O3S/c1-3-10-29-19(28)17-12(2)24-20-25-21(31-11-13-6-4-5-7-14(13)23)26-27(20)18(17)15-8-9-16(22)30-15/h3-9,18H,1,10-11H2,2H3,(H,24,25,26). The van der Waals surface area contributed by atoms with Crippen molar-refractivity contribution in [1.29, 1.82) is 0 Å². The Labute approximate surface area is 196 Å². The van der Waals surface area contributed by atoms with Crippen molar-refractivity contribution < 1.29 is 13.9 Å². The Bertz CT molecular complexity index is 1170. The Hall–Kier alpha value is -2.49. The Morgan fingerprint density at radius 2 is 2.23 bits per heavy atom. The van der Waals surface area contributed by atoms with E-state index in [0.717, 1.165) is 5.56 Å². The van der Waals surface area contributed by atoms with Gasteiger partial charge in [0.1, 0.15) is 18.4 Å². The first-order chi connectivity index (χ1) is 15.0. The van der Waals surface area contributed by atoms with E-state index in [1.54, 1.807) is 23.7 Å². The van der Waals surface area contributed by atoms with E-state index in [1.165, 1.54) is 17.8 Å². The molecule has 31 heavy (non-hydrogen) atoms. The number of esters is 1. The number of benzene rings is 1.